The molecule has 1 aliphatic rings. The number of carbonyl (C=O) groups excluding carboxylic acids is 1. The van der Waals surface area contributed by atoms with E-state index in [9.17, 15) is 15.0 Å². The number of carbonyl (C=O) groups is 1. The molecule has 4 aromatic rings. The number of aromatic hydroxyl groups is 2. The lowest BCUT2D eigenvalue weighted by Crippen LogP contribution is -1.98. The molecule has 2 aromatic heterocycles. The van der Waals surface area contributed by atoms with Crippen LogP contribution in [-0.2, 0) is 7.05 Å². The molecule has 0 radical (unpaired) electrons. The van der Waals surface area contributed by atoms with E-state index in [0.717, 1.165) is 33.7 Å². The van der Waals surface area contributed by atoms with Gasteiger partial charge in [0, 0.05) is 41.8 Å². The molecule has 5 rings (SSSR count). The van der Waals surface area contributed by atoms with Crippen LogP contribution in [0.5, 0.6) is 17.2 Å². The number of ether oxygens (including phenoxy) is 1. The zero-order valence-corrected chi connectivity index (χ0v) is 15.7. The van der Waals surface area contributed by atoms with Crippen molar-refractivity contribution in [2.24, 2.45) is 7.05 Å². The lowest BCUT2D eigenvalue weighted by Gasteiger charge is -2.04. The number of benzene rings is 2. The number of fused-ring (bicyclic) bond motifs is 2. The molecule has 2 aromatic carbocycles. The van der Waals surface area contributed by atoms with E-state index in [4.69, 9.17) is 4.74 Å². The summed E-state index contributed by atoms with van der Waals surface area (Å²) in [5.41, 5.74) is 4.15. The number of hydrogen-bond acceptors (Lipinski definition) is 5. The second kappa shape index (κ2) is 6.00. The Hall–Kier alpha value is -3.51. The van der Waals surface area contributed by atoms with E-state index < -0.39 is 5.78 Å². The van der Waals surface area contributed by atoms with Gasteiger partial charge in [-0.15, -0.1) is 0 Å². The number of thiophene rings is 1. The molecule has 0 fully saturated rings. The number of allylic oxidation sites excluding steroid dienone is 1. The number of Topliss-reactive ketones (excluding diaryl/α,β-unsaturated/α-hetero) is 1. The Balaban J connectivity index is 1.69. The number of phenolic OH excluding ortho intramolecular Hbond substituents is 2. The Morgan fingerprint density at radius 3 is 2.82 bits per heavy atom. The van der Waals surface area contributed by atoms with Gasteiger partial charge in [0.25, 0.3) is 0 Å². The zero-order valence-electron chi connectivity index (χ0n) is 14.8. The van der Waals surface area contributed by atoms with Gasteiger partial charge < -0.3 is 19.5 Å². The summed E-state index contributed by atoms with van der Waals surface area (Å²) in [6.45, 7) is 0. The molecule has 0 unspecified atom stereocenters. The molecule has 28 heavy (non-hydrogen) atoms. The van der Waals surface area contributed by atoms with Gasteiger partial charge in [0.1, 0.15) is 22.8 Å². The average molecular weight is 389 g/mol. The van der Waals surface area contributed by atoms with Gasteiger partial charge >= 0.3 is 0 Å². The second-order valence-corrected chi connectivity index (χ2v) is 7.46. The molecular weight excluding hydrogens is 374 g/mol. The van der Waals surface area contributed by atoms with Crippen LogP contribution in [0.4, 0.5) is 0 Å². The number of phenols is 2. The lowest BCUT2D eigenvalue weighted by atomic mass is 10.0. The number of aromatic nitrogens is 1. The van der Waals surface area contributed by atoms with Crippen molar-refractivity contribution >= 4 is 34.1 Å². The van der Waals surface area contributed by atoms with Crippen molar-refractivity contribution in [3.63, 3.8) is 0 Å². The van der Waals surface area contributed by atoms with Gasteiger partial charge in [0.05, 0.1) is 0 Å². The summed E-state index contributed by atoms with van der Waals surface area (Å²) in [5, 5.41) is 24.8. The molecule has 5 nitrogen and oxygen atoms in total. The quantitative estimate of drug-likeness (QED) is 0.477. The van der Waals surface area contributed by atoms with Gasteiger partial charge in [-0.25, -0.2) is 0 Å². The first kappa shape index (κ1) is 16.6. The van der Waals surface area contributed by atoms with Gasteiger partial charge in [0.15, 0.2) is 5.76 Å². The van der Waals surface area contributed by atoms with E-state index >= 15 is 0 Å². The number of rotatable bonds is 2. The second-order valence-electron chi connectivity index (χ2n) is 6.68. The topological polar surface area (TPSA) is 71.7 Å². The third-order valence-electron chi connectivity index (χ3n) is 4.90. The predicted molar refractivity (Wildman–Crippen MR) is 109 cm³/mol. The van der Waals surface area contributed by atoms with Crippen LogP contribution in [0.1, 0.15) is 15.9 Å². The largest absolute Gasteiger partial charge is 0.508 e. The summed E-state index contributed by atoms with van der Waals surface area (Å²) in [4.78, 5) is 12.7. The minimum Gasteiger partial charge on any atom is -0.508 e. The van der Waals surface area contributed by atoms with E-state index in [-0.39, 0.29) is 28.6 Å². The van der Waals surface area contributed by atoms with Crippen molar-refractivity contribution in [2.45, 2.75) is 0 Å². The third-order valence-corrected chi connectivity index (χ3v) is 5.58. The van der Waals surface area contributed by atoms with E-state index in [0.29, 0.717) is 0 Å². The van der Waals surface area contributed by atoms with Gasteiger partial charge in [-0.3, -0.25) is 4.79 Å². The minimum absolute atomic E-state index is 0.0716. The van der Waals surface area contributed by atoms with Crippen molar-refractivity contribution in [1.82, 2.24) is 4.57 Å². The third kappa shape index (κ3) is 2.42. The van der Waals surface area contributed by atoms with Gasteiger partial charge in [-0.2, -0.15) is 11.3 Å². The molecule has 2 N–H and O–H groups in total. The Labute approximate surface area is 164 Å². The fourth-order valence-electron chi connectivity index (χ4n) is 3.67. The van der Waals surface area contributed by atoms with E-state index in [1.807, 2.05) is 35.3 Å². The molecule has 138 valence electrons. The maximum Gasteiger partial charge on any atom is 0.235 e. The Morgan fingerprint density at radius 1 is 1.18 bits per heavy atom. The Bertz CT molecular complexity index is 1280. The van der Waals surface area contributed by atoms with Crippen molar-refractivity contribution in [2.75, 3.05) is 0 Å². The summed E-state index contributed by atoms with van der Waals surface area (Å²) in [5.74, 6) is -0.580. The average Bonchev–Trinajstić information content (AvgIpc) is 3.36. The predicted octanol–water partition coefficient (Wildman–Crippen LogP) is 4.93. The normalized spacial score (nSPS) is 14.6. The molecule has 1 aliphatic heterocycles. The van der Waals surface area contributed by atoms with Crippen LogP contribution < -0.4 is 4.74 Å². The molecule has 0 spiro atoms. The monoisotopic (exact) mass is 389 g/mol. The first-order valence-corrected chi connectivity index (χ1v) is 9.58. The van der Waals surface area contributed by atoms with Gasteiger partial charge in [-0.05, 0) is 40.1 Å². The Kier molecular flexibility index (Phi) is 3.57. The maximum atomic E-state index is 12.7. The van der Waals surface area contributed by atoms with Crippen LogP contribution in [0.3, 0.4) is 0 Å². The number of nitrogens with zero attached hydrogens (tertiary/aromatic N) is 1. The molecular formula is C22H15NO4S. The molecule has 0 atom stereocenters. The van der Waals surface area contributed by atoms with Crippen molar-refractivity contribution < 1.29 is 19.7 Å². The molecule has 3 heterocycles. The van der Waals surface area contributed by atoms with Crippen LogP contribution in [0.2, 0.25) is 0 Å². The van der Waals surface area contributed by atoms with Crippen LogP contribution in [-0.4, -0.2) is 20.6 Å². The lowest BCUT2D eigenvalue weighted by molar-refractivity contribution is 0.101. The number of hydrogen-bond donors (Lipinski definition) is 2. The van der Waals surface area contributed by atoms with Crippen LogP contribution >= 0.6 is 11.3 Å². The number of ketones is 1. The summed E-state index contributed by atoms with van der Waals surface area (Å²) in [6, 6.07) is 10.6. The molecule has 6 heteroatoms. The zero-order chi connectivity index (χ0) is 19.4. The molecule has 0 saturated heterocycles. The minimum atomic E-state index is -0.405. The van der Waals surface area contributed by atoms with Crippen LogP contribution in [0, 0.1) is 0 Å². The van der Waals surface area contributed by atoms with Crippen molar-refractivity contribution in [1.29, 1.82) is 0 Å². The van der Waals surface area contributed by atoms with Crippen molar-refractivity contribution in [3.8, 4) is 28.4 Å². The highest BCUT2D eigenvalue weighted by atomic mass is 32.1. The number of aryl methyl sites for hydroxylation is 1. The van der Waals surface area contributed by atoms with Gasteiger partial charge in [-0.1, -0.05) is 12.1 Å². The fraction of sp³-hybridized carbons (Fsp3) is 0.0455. The highest BCUT2D eigenvalue weighted by molar-refractivity contribution is 7.08. The fourth-order valence-corrected chi connectivity index (χ4v) is 4.32. The molecule has 0 amide bonds. The SMILES string of the molecule is Cn1cc(/C=C2\Oc3cc(O)cc(O)c3C2=O)c2c(-c3ccsc3)cccc21. The Morgan fingerprint density at radius 2 is 2.04 bits per heavy atom. The first-order chi connectivity index (χ1) is 13.5. The van der Waals surface area contributed by atoms with Crippen molar-refractivity contribution in [3.05, 3.63) is 70.2 Å². The maximum absolute atomic E-state index is 12.7. The van der Waals surface area contributed by atoms with Gasteiger partial charge in [0.2, 0.25) is 5.78 Å². The standard InChI is InChI=1S/C22H15NO4S/c1-23-10-13(20-15(3-2-4-16(20)23)12-5-6-28-11-12)7-19-22(26)21-17(25)8-14(24)9-18(21)27-19/h2-11,24-25H,1H3/b19-7-. The van der Waals surface area contributed by atoms with E-state index in [1.54, 1.807) is 17.4 Å². The summed E-state index contributed by atoms with van der Waals surface area (Å²) >= 11 is 1.63. The molecule has 0 aliphatic carbocycles. The van der Waals surface area contributed by atoms with Crippen LogP contribution in [0.25, 0.3) is 28.1 Å². The summed E-state index contributed by atoms with van der Waals surface area (Å²) in [6.07, 6.45) is 3.64. The highest BCUT2D eigenvalue weighted by Gasteiger charge is 2.31. The molecule has 0 saturated carbocycles. The van der Waals surface area contributed by atoms with Crippen LogP contribution in [0.15, 0.2) is 59.1 Å². The molecule has 0 bridgehead atoms. The van der Waals surface area contributed by atoms with E-state index in [1.165, 1.54) is 6.07 Å². The smallest absolute Gasteiger partial charge is 0.235 e. The highest BCUT2D eigenvalue weighted by Crippen LogP contribution is 2.41. The first-order valence-electron chi connectivity index (χ1n) is 8.64. The van der Waals surface area contributed by atoms with E-state index in [2.05, 4.69) is 17.5 Å². The summed E-state index contributed by atoms with van der Waals surface area (Å²) < 4.78 is 7.67. The summed E-state index contributed by atoms with van der Waals surface area (Å²) in [7, 11) is 1.96.